The van der Waals surface area contributed by atoms with Crippen molar-refractivity contribution in [3.8, 4) is 34.2 Å². The number of para-hydroxylation sites is 1. The fourth-order valence-corrected chi connectivity index (χ4v) is 3.08. The van der Waals surface area contributed by atoms with Crippen LogP contribution >= 0.6 is 0 Å². The van der Waals surface area contributed by atoms with Crippen LogP contribution in [0.5, 0.6) is 0 Å². The zero-order valence-electron chi connectivity index (χ0n) is 14.8. The number of H-pyrrole nitrogens is 2. The van der Waals surface area contributed by atoms with Crippen LogP contribution in [0.4, 0.5) is 0 Å². The SMILES string of the molecule is Cc1ccc(-c2cc(-c3nc(-c4cccc5[nH]c(C)nc45)no3)[nH]n2)cc1. The van der Waals surface area contributed by atoms with Crippen LogP contribution in [-0.2, 0) is 0 Å². The molecule has 0 saturated heterocycles. The molecule has 0 saturated carbocycles. The predicted molar refractivity (Wildman–Crippen MR) is 102 cm³/mol. The molecule has 132 valence electrons. The molecule has 27 heavy (non-hydrogen) atoms. The normalized spacial score (nSPS) is 11.3. The molecule has 2 aromatic carbocycles. The number of hydrogen-bond donors (Lipinski definition) is 2. The maximum atomic E-state index is 5.46. The third-order valence-electron chi connectivity index (χ3n) is 4.45. The molecule has 7 nitrogen and oxygen atoms in total. The van der Waals surface area contributed by atoms with Gasteiger partial charge in [-0.3, -0.25) is 5.10 Å². The lowest BCUT2D eigenvalue weighted by atomic mass is 10.1. The number of fused-ring (bicyclic) bond motifs is 1. The van der Waals surface area contributed by atoms with Gasteiger partial charge in [-0.2, -0.15) is 10.1 Å². The molecular formula is C20H16N6O. The molecule has 5 aromatic rings. The highest BCUT2D eigenvalue weighted by atomic mass is 16.5. The fraction of sp³-hybridized carbons (Fsp3) is 0.100. The quantitative estimate of drug-likeness (QED) is 0.503. The minimum absolute atomic E-state index is 0.389. The van der Waals surface area contributed by atoms with Gasteiger partial charge in [0.2, 0.25) is 5.82 Å². The van der Waals surface area contributed by atoms with E-state index >= 15 is 0 Å². The number of aromatic amines is 2. The highest BCUT2D eigenvalue weighted by Crippen LogP contribution is 2.28. The minimum atomic E-state index is 0.389. The lowest BCUT2D eigenvalue weighted by molar-refractivity contribution is 0.431. The predicted octanol–water partition coefficient (Wildman–Crippen LogP) is 4.29. The summed E-state index contributed by atoms with van der Waals surface area (Å²) in [5, 5.41) is 11.5. The van der Waals surface area contributed by atoms with E-state index < -0.39 is 0 Å². The summed E-state index contributed by atoms with van der Waals surface area (Å²) in [4.78, 5) is 12.3. The van der Waals surface area contributed by atoms with Gasteiger partial charge in [-0.1, -0.05) is 41.1 Å². The molecule has 7 heteroatoms. The zero-order chi connectivity index (χ0) is 18.4. The Morgan fingerprint density at radius 2 is 1.81 bits per heavy atom. The van der Waals surface area contributed by atoms with E-state index in [0.29, 0.717) is 17.4 Å². The lowest BCUT2D eigenvalue weighted by Crippen LogP contribution is -1.84. The summed E-state index contributed by atoms with van der Waals surface area (Å²) in [6.07, 6.45) is 0. The summed E-state index contributed by atoms with van der Waals surface area (Å²) in [5.41, 5.74) is 6.33. The summed E-state index contributed by atoms with van der Waals surface area (Å²) >= 11 is 0. The van der Waals surface area contributed by atoms with Crippen LogP contribution < -0.4 is 0 Å². The first-order valence-electron chi connectivity index (χ1n) is 8.59. The Morgan fingerprint density at radius 1 is 0.963 bits per heavy atom. The number of imidazole rings is 1. The molecule has 0 radical (unpaired) electrons. The Bertz CT molecular complexity index is 1250. The Kier molecular flexibility index (Phi) is 3.39. The van der Waals surface area contributed by atoms with Crippen LogP contribution in [0.25, 0.3) is 45.3 Å². The van der Waals surface area contributed by atoms with Gasteiger partial charge in [0.25, 0.3) is 5.89 Å². The number of nitrogens with zero attached hydrogens (tertiary/aromatic N) is 4. The number of benzene rings is 2. The monoisotopic (exact) mass is 356 g/mol. The lowest BCUT2D eigenvalue weighted by Gasteiger charge is -1.95. The number of aromatic nitrogens is 6. The second-order valence-electron chi connectivity index (χ2n) is 6.48. The Labute approximate surface area is 154 Å². The molecule has 2 N–H and O–H groups in total. The van der Waals surface area contributed by atoms with E-state index in [1.807, 2.05) is 43.3 Å². The van der Waals surface area contributed by atoms with E-state index in [9.17, 15) is 0 Å². The van der Waals surface area contributed by atoms with Crippen molar-refractivity contribution in [2.75, 3.05) is 0 Å². The van der Waals surface area contributed by atoms with E-state index in [4.69, 9.17) is 4.52 Å². The van der Waals surface area contributed by atoms with Gasteiger partial charge < -0.3 is 9.51 Å². The molecule has 0 aliphatic carbocycles. The smallest absolute Gasteiger partial charge is 0.276 e. The summed E-state index contributed by atoms with van der Waals surface area (Å²) in [7, 11) is 0. The highest BCUT2D eigenvalue weighted by molar-refractivity contribution is 5.90. The van der Waals surface area contributed by atoms with Crippen molar-refractivity contribution >= 4 is 11.0 Å². The maximum Gasteiger partial charge on any atom is 0.276 e. The zero-order valence-corrected chi connectivity index (χ0v) is 14.8. The average Bonchev–Trinajstić information content (AvgIpc) is 3.40. The van der Waals surface area contributed by atoms with Gasteiger partial charge in [-0.25, -0.2) is 4.98 Å². The molecule has 0 unspecified atom stereocenters. The van der Waals surface area contributed by atoms with E-state index in [-0.39, 0.29) is 0 Å². The summed E-state index contributed by atoms with van der Waals surface area (Å²) in [5.74, 6) is 1.73. The Balaban J connectivity index is 1.51. The molecule has 0 aliphatic heterocycles. The molecule has 3 aromatic heterocycles. The standard InChI is InChI=1S/C20H16N6O/c1-11-6-8-13(9-7-11)16-10-17(25-24-16)20-23-19(26-27-20)14-4-3-5-15-18(14)22-12(2)21-15/h3-10H,1-2H3,(H,21,22)(H,24,25). The van der Waals surface area contributed by atoms with Gasteiger partial charge in [0, 0.05) is 5.56 Å². The van der Waals surface area contributed by atoms with E-state index in [0.717, 1.165) is 33.7 Å². The van der Waals surface area contributed by atoms with Gasteiger partial charge in [0.15, 0.2) is 0 Å². The number of nitrogens with one attached hydrogen (secondary N) is 2. The van der Waals surface area contributed by atoms with Crippen LogP contribution in [0.1, 0.15) is 11.4 Å². The topological polar surface area (TPSA) is 96.3 Å². The van der Waals surface area contributed by atoms with Gasteiger partial charge in [0.05, 0.1) is 22.3 Å². The summed E-state index contributed by atoms with van der Waals surface area (Å²) in [6, 6.07) is 15.9. The second kappa shape index (κ2) is 5.91. The fourth-order valence-electron chi connectivity index (χ4n) is 3.08. The second-order valence-corrected chi connectivity index (χ2v) is 6.48. The van der Waals surface area contributed by atoms with Crippen molar-refractivity contribution in [3.05, 3.63) is 59.9 Å². The molecule has 0 bridgehead atoms. The molecule has 5 rings (SSSR count). The van der Waals surface area contributed by atoms with Crippen molar-refractivity contribution in [2.24, 2.45) is 0 Å². The summed E-state index contributed by atoms with van der Waals surface area (Å²) in [6.45, 7) is 3.98. The van der Waals surface area contributed by atoms with Gasteiger partial charge >= 0.3 is 0 Å². The number of hydrogen-bond acceptors (Lipinski definition) is 5. The Hall–Kier alpha value is -3.74. The molecule has 0 spiro atoms. The third-order valence-corrected chi connectivity index (χ3v) is 4.45. The van der Waals surface area contributed by atoms with Crippen LogP contribution in [0.3, 0.4) is 0 Å². The van der Waals surface area contributed by atoms with Crippen molar-refractivity contribution in [2.45, 2.75) is 13.8 Å². The van der Waals surface area contributed by atoms with Gasteiger partial charge in [-0.05, 0) is 32.0 Å². The molecule has 0 aliphatic rings. The molecular weight excluding hydrogens is 340 g/mol. The van der Waals surface area contributed by atoms with Crippen LogP contribution in [-0.4, -0.2) is 30.3 Å². The van der Waals surface area contributed by atoms with Crippen molar-refractivity contribution in [1.29, 1.82) is 0 Å². The van der Waals surface area contributed by atoms with Crippen molar-refractivity contribution < 1.29 is 4.52 Å². The largest absolute Gasteiger partial charge is 0.342 e. The average molecular weight is 356 g/mol. The van der Waals surface area contributed by atoms with Crippen LogP contribution in [0.2, 0.25) is 0 Å². The van der Waals surface area contributed by atoms with Crippen LogP contribution in [0, 0.1) is 13.8 Å². The van der Waals surface area contributed by atoms with E-state index in [1.54, 1.807) is 0 Å². The number of rotatable bonds is 3. The van der Waals surface area contributed by atoms with E-state index in [2.05, 4.69) is 49.4 Å². The Morgan fingerprint density at radius 3 is 2.67 bits per heavy atom. The van der Waals surface area contributed by atoms with Gasteiger partial charge in [-0.15, -0.1) is 0 Å². The van der Waals surface area contributed by atoms with Gasteiger partial charge in [0.1, 0.15) is 11.5 Å². The van der Waals surface area contributed by atoms with Crippen molar-refractivity contribution in [3.63, 3.8) is 0 Å². The van der Waals surface area contributed by atoms with Crippen molar-refractivity contribution in [1.82, 2.24) is 30.3 Å². The number of aryl methyl sites for hydroxylation is 2. The summed E-state index contributed by atoms with van der Waals surface area (Å²) < 4.78 is 5.46. The maximum absolute atomic E-state index is 5.46. The molecule has 0 amide bonds. The first-order chi connectivity index (χ1) is 13.2. The van der Waals surface area contributed by atoms with Crippen LogP contribution in [0.15, 0.2) is 53.1 Å². The molecule has 0 fully saturated rings. The molecule has 3 heterocycles. The minimum Gasteiger partial charge on any atom is -0.342 e. The molecule has 0 atom stereocenters. The third kappa shape index (κ3) is 2.69. The first-order valence-corrected chi connectivity index (χ1v) is 8.59. The first kappa shape index (κ1) is 15.5. The highest BCUT2D eigenvalue weighted by Gasteiger charge is 2.16. The van der Waals surface area contributed by atoms with E-state index in [1.165, 1.54) is 5.56 Å².